The normalized spacial score (nSPS) is 19.9. The number of ether oxygens (including phenoxy) is 1. The number of piperazine rings is 1. The van der Waals surface area contributed by atoms with Gasteiger partial charge in [-0.25, -0.2) is 0 Å². The number of benzene rings is 1. The lowest BCUT2D eigenvalue weighted by Crippen LogP contribution is -3.15. The lowest BCUT2D eigenvalue weighted by atomic mass is 10.1. The van der Waals surface area contributed by atoms with Gasteiger partial charge in [0.05, 0.1) is 32.3 Å². The molecule has 2 saturated heterocycles. The quantitative estimate of drug-likeness (QED) is 0.735. The smallest absolute Gasteiger partial charge is 0.254 e. The van der Waals surface area contributed by atoms with Crippen LogP contribution in [0.4, 0.5) is 0 Å². The van der Waals surface area contributed by atoms with Gasteiger partial charge in [0.1, 0.15) is 6.54 Å². The minimum absolute atomic E-state index is 0.0821. The van der Waals surface area contributed by atoms with Crippen LogP contribution in [0.2, 0.25) is 0 Å². The molecule has 0 unspecified atom stereocenters. The van der Waals surface area contributed by atoms with E-state index in [-0.39, 0.29) is 17.8 Å². The summed E-state index contributed by atoms with van der Waals surface area (Å²) in [5.41, 5.74) is 3.74. The van der Waals surface area contributed by atoms with Crippen LogP contribution in [0.5, 0.6) is 0 Å². The molecular weight excluding hydrogens is 378 g/mol. The van der Waals surface area contributed by atoms with Crippen LogP contribution in [-0.2, 0) is 11.3 Å². The summed E-state index contributed by atoms with van der Waals surface area (Å²) in [6.45, 7) is 9.26. The molecule has 0 radical (unpaired) electrons. The number of hydrogen-bond donors (Lipinski definition) is 1. The van der Waals surface area contributed by atoms with Crippen molar-refractivity contribution in [1.82, 2.24) is 9.47 Å². The molecule has 4 rings (SSSR count). The molecule has 160 valence electrons. The fourth-order valence-corrected chi connectivity index (χ4v) is 4.64. The van der Waals surface area contributed by atoms with Crippen molar-refractivity contribution in [3.05, 3.63) is 58.9 Å². The van der Waals surface area contributed by atoms with E-state index in [9.17, 15) is 9.59 Å². The number of amides is 1. The zero-order valence-electron chi connectivity index (χ0n) is 18.0. The summed E-state index contributed by atoms with van der Waals surface area (Å²) in [5, 5.41) is 0. The molecular formula is C24H32N3O3+. The van der Waals surface area contributed by atoms with Gasteiger partial charge >= 0.3 is 0 Å². The maximum atomic E-state index is 13.0. The van der Waals surface area contributed by atoms with Crippen LogP contribution in [-0.4, -0.2) is 66.6 Å². The first-order valence-electron chi connectivity index (χ1n) is 11.0. The highest BCUT2D eigenvalue weighted by molar-refractivity contribution is 5.98. The predicted molar refractivity (Wildman–Crippen MR) is 115 cm³/mol. The van der Waals surface area contributed by atoms with E-state index in [1.165, 1.54) is 4.90 Å². The van der Waals surface area contributed by atoms with Gasteiger partial charge in [0.25, 0.3) is 5.91 Å². The highest BCUT2D eigenvalue weighted by atomic mass is 16.5. The third-order valence-corrected chi connectivity index (χ3v) is 6.47. The lowest BCUT2D eigenvalue weighted by molar-refractivity contribution is -0.895. The molecule has 0 aliphatic carbocycles. The number of ketones is 1. The second kappa shape index (κ2) is 9.14. The van der Waals surface area contributed by atoms with Gasteiger partial charge in [0, 0.05) is 35.7 Å². The average molecular weight is 411 g/mol. The molecule has 0 bridgehead atoms. The number of quaternary nitrogens is 1. The molecule has 1 amide bonds. The Morgan fingerprint density at radius 1 is 1.13 bits per heavy atom. The molecule has 1 atom stereocenters. The number of aromatic nitrogens is 1. The fourth-order valence-electron chi connectivity index (χ4n) is 4.64. The molecule has 1 aromatic carbocycles. The average Bonchev–Trinajstić information content (AvgIpc) is 3.38. The van der Waals surface area contributed by atoms with E-state index in [0.717, 1.165) is 61.6 Å². The van der Waals surface area contributed by atoms with E-state index < -0.39 is 0 Å². The van der Waals surface area contributed by atoms with E-state index in [1.54, 1.807) is 0 Å². The standard InChI is InChI=1S/C24H31N3O3/c1-18-15-22(19(2)27(18)16-21-9-6-14-30-21)23(28)17-25-10-12-26(13-11-25)24(29)20-7-4-3-5-8-20/h3-5,7-8,15,21H,6,9-14,16-17H2,1-2H3/p+1/t21-/m0/s1. The van der Waals surface area contributed by atoms with Crippen molar-refractivity contribution >= 4 is 11.7 Å². The minimum atomic E-state index is 0.0821. The number of carbonyl (C=O) groups excluding carboxylic acids is 2. The van der Waals surface area contributed by atoms with Crippen molar-refractivity contribution in [2.75, 3.05) is 39.3 Å². The Morgan fingerprint density at radius 2 is 1.87 bits per heavy atom. The summed E-state index contributed by atoms with van der Waals surface area (Å²) in [5.74, 6) is 0.276. The largest absolute Gasteiger partial charge is 0.376 e. The number of nitrogens with zero attached hydrogens (tertiary/aromatic N) is 2. The molecule has 1 N–H and O–H groups in total. The highest BCUT2D eigenvalue weighted by Gasteiger charge is 2.28. The number of Topliss-reactive ketones (excluding diaryl/α,β-unsaturated/α-hetero) is 1. The monoisotopic (exact) mass is 410 g/mol. The van der Waals surface area contributed by atoms with Gasteiger partial charge < -0.3 is 19.1 Å². The van der Waals surface area contributed by atoms with Crippen LogP contribution in [0.3, 0.4) is 0 Å². The molecule has 6 heteroatoms. The van der Waals surface area contributed by atoms with Crippen LogP contribution in [0.15, 0.2) is 36.4 Å². The minimum Gasteiger partial charge on any atom is -0.376 e. The molecule has 1 aromatic heterocycles. The van der Waals surface area contributed by atoms with Crippen molar-refractivity contribution in [2.45, 2.75) is 39.3 Å². The molecule has 3 heterocycles. The number of hydrogen-bond acceptors (Lipinski definition) is 3. The topological polar surface area (TPSA) is 56.0 Å². The first-order chi connectivity index (χ1) is 14.5. The summed E-state index contributed by atoms with van der Waals surface area (Å²) in [6, 6.07) is 11.4. The first kappa shape index (κ1) is 20.8. The van der Waals surface area contributed by atoms with Crippen LogP contribution in [0.25, 0.3) is 0 Å². The molecule has 2 aliphatic heterocycles. The Hall–Kier alpha value is -2.44. The number of carbonyl (C=O) groups is 2. The van der Waals surface area contributed by atoms with Gasteiger partial charge in [0.15, 0.2) is 0 Å². The molecule has 0 spiro atoms. The van der Waals surface area contributed by atoms with Crippen molar-refractivity contribution in [2.24, 2.45) is 0 Å². The van der Waals surface area contributed by atoms with Crippen molar-refractivity contribution in [3.8, 4) is 0 Å². The Morgan fingerprint density at radius 3 is 2.53 bits per heavy atom. The van der Waals surface area contributed by atoms with Crippen molar-refractivity contribution in [3.63, 3.8) is 0 Å². The van der Waals surface area contributed by atoms with Crippen molar-refractivity contribution < 1.29 is 19.2 Å². The van der Waals surface area contributed by atoms with Gasteiger partial charge in [-0.15, -0.1) is 0 Å². The molecule has 2 aliphatic rings. The lowest BCUT2D eigenvalue weighted by Gasteiger charge is -2.32. The van der Waals surface area contributed by atoms with Crippen molar-refractivity contribution in [1.29, 1.82) is 0 Å². The van der Waals surface area contributed by atoms with Crippen LogP contribution < -0.4 is 4.90 Å². The van der Waals surface area contributed by atoms with Gasteiger partial charge in [-0.2, -0.15) is 0 Å². The third kappa shape index (κ3) is 4.50. The first-order valence-corrected chi connectivity index (χ1v) is 11.0. The third-order valence-electron chi connectivity index (χ3n) is 6.47. The number of aryl methyl sites for hydroxylation is 1. The van der Waals surface area contributed by atoms with E-state index in [0.29, 0.717) is 19.6 Å². The fraction of sp³-hybridized carbons (Fsp3) is 0.500. The van der Waals surface area contributed by atoms with E-state index in [1.807, 2.05) is 48.2 Å². The predicted octanol–water partition coefficient (Wildman–Crippen LogP) is 1.51. The molecule has 30 heavy (non-hydrogen) atoms. The van der Waals surface area contributed by atoms with Crippen LogP contribution in [0.1, 0.15) is 44.9 Å². The van der Waals surface area contributed by atoms with E-state index >= 15 is 0 Å². The van der Waals surface area contributed by atoms with Gasteiger partial charge in [-0.1, -0.05) is 18.2 Å². The van der Waals surface area contributed by atoms with Gasteiger partial charge in [-0.05, 0) is 44.9 Å². The molecule has 2 aromatic rings. The zero-order valence-corrected chi connectivity index (χ0v) is 18.0. The number of rotatable bonds is 6. The SMILES string of the molecule is Cc1cc(C(=O)C[NH+]2CCN(C(=O)c3ccccc3)CC2)c(C)n1C[C@@H]1CCCO1. The van der Waals surface area contributed by atoms with Crippen LogP contribution in [0, 0.1) is 13.8 Å². The maximum Gasteiger partial charge on any atom is 0.254 e. The summed E-state index contributed by atoms with van der Waals surface area (Å²) >= 11 is 0. The maximum absolute atomic E-state index is 13.0. The Bertz CT molecular complexity index is 892. The summed E-state index contributed by atoms with van der Waals surface area (Å²) in [7, 11) is 0. The van der Waals surface area contributed by atoms with Gasteiger partial charge in [-0.3, -0.25) is 9.59 Å². The Kier molecular flexibility index (Phi) is 6.35. The highest BCUT2D eigenvalue weighted by Crippen LogP contribution is 2.20. The summed E-state index contributed by atoms with van der Waals surface area (Å²) < 4.78 is 8.01. The van der Waals surface area contributed by atoms with Gasteiger partial charge in [0.2, 0.25) is 5.78 Å². The second-order valence-electron chi connectivity index (χ2n) is 8.54. The second-order valence-corrected chi connectivity index (χ2v) is 8.54. The summed E-state index contributed by atoms with van der Waals surface area (Å²) in [6.07, 6.45) is 2.48. The molecule has 6 nitrogen and oxygen atoms in total. The molecule has 0 saturated carbocycles. The number of nitrogens with one attached hydrogen (secondary N) is 1. The van der Waals surface area contributed by atoms with E-state index in [4.69, 9.17) is 4.74 Å². The van der Waals surface area contributed by atoms with Crippen LogP contribution >= 0.6 is 0 Å². The Balaban J connectivity index is 1.33. The van der Waals surface area contributed by atoms with E-state index in [2.05, 4.69) is 11.5 Å². The Labute approximate surface area is 178 Å². The molecule has 2 fully saturated rings. The zero-order chi connectivity index (χ0) is 21.1. The summed E-state index contributed by atoms with van der Waals surface area (Å²) in [4.78, 5) is 28.8.